The van der Waals surface area contributed by atoms with Gasteiger partial charge >= 0.3 is 37.7 Å². The van der Waals surface area contributed by atoms with E-state index in [1.54, 1.807) is 0 Å². The summed E-state index contributed by atoms with van der Waals surface area (Å²) >= 11 is 0. The first kappa shape index (κ1) is 25.4. The predicted molar refractivity (Wildman–Crippen MR) is 11.6 cm³/mol. The Bertz CT molecular complexity index is 13.5. The molecule has 4 heteroatoms. The minimum Gasteiger partial charge on any atom is -1.00 e. The zero-order chi connectivity index (χ0) is 0. The Morgan fingerprint density at radius 1 is 1.25 bits per heavy atom. The van der Waals surface area contributed by atoms with E-state index in [4.69, 9.17) is 0 Å². The largest absolute Gasteiger partial charge is 2.00 e. The Labute approximate surface area is 116 Å². The van der Waals surface area contributed by atoms with Gasteiger partial charge in [0.25, 0.3) is 0 Å². The molecular formula is H4CaGdOY. The molecule has 1 nitrogen and oxygen atoms in total. The fourth-order valence-electron chi connectivity index (χ4n) is 0. The molecule has 0 aromatic rings. The van der Waals surface area contributed by atoms with Crippen LogP contribution in [0.4, 0.5) is 0 Å². The molecule has 4 heavy (non-hydrogen) atoms. The van der Waals surface area contributed by atoms with Gasteiger partial charge in [0.1, 0.15) is 0 Å². The second kappa shape index (κ2) is 15.9. The van der Waals surface area contributed by atoms with Gasteiger partial charge in [0.15, 0.2) is 0 Å². The van der Waals surface area contributed by atoms with Crippen molar-refractivity contribution in [2.75, 3.05) is 0 Å². The van der Waals surface area contributed by atoms with Gasteiger partial charge < -0.3 is 8.33 Å². The van der Waals surface area contributed by atoms with Gasteiger partial charge in [-0.15, -0.1) is 0 Å². The minimum atomic E-state index is 0. The molecule has 0 aliphatic rings. The van der Waals surface area contributed by atoms with Crippen LogP contribution in [0.2, 0.25) is 0 Å². The Morgan fingerprint density at radius 3 is 1.25 bits per heavy atom. The Balaban J connectivity index is 0. The maximum Gasteiger partial charge on any atom is 2.00 e. The molecule has 0 aliphatic heterocycles. The van der Waals surface area contributed by atoms with Gasteiger partial charge in [-0.25, -0.2) is 0 Å². The van der Waals surface area contributed by atoms with Gasteiger partial charge in [-0.3, -0.25) is 0 Å². The van der Waals surface area contributed by atoms with E-state index in [0.29, 0.717) is 0 Å². The predicted octanol–water partition coefficient (Wildman–Crippen LogP) is -0.983. The molecule has 0 atom stereocenters. The molecule has 0 saturated heterocycles. The monoisotopic (exact) mass is 307 g/mol. The fourth-order valence-corrected chi connectivity index (χ4v) is 0. The normalized spacial score (nSPS) is 0. The number of rotatable bonds is 0. The summed E-state index contributed by atoms with van der Waals surface area (Å²) in [6.07, 6.45) is 0. The van der Waals surface area contributed by atoms with Gasteiger partial charge in [-0.05, 0) is 0 Å². The summed E-state index contributed by atoms with van der Waals surface area (Å²) in [5.41, 5.74) is 0. The van der Waals surface area contributed by atoms with E-state index in [-0.39, 0.29) is 119 Å². The Morgan fingerprint density at radius 2 is 1.25 bits per heavy atom. The van der Waals surface area contributed by atoms with Gasteiger partial charge in [0.05, 0.1) is 0 Å². The van der Waals surface area contributed by atoms with Crippen LogP contribution < -0.4 is 0 Å². The van der Waals surface area contributed by atoms with Crippen molar-refractivity contribution in [2.24, 2.45) is 0 Å². The van der Waals surface area contributed by atoms with E-state index in [0.717, 1.165) is 0 Å². The average molecular weight is 306 g/mol. The maximum atomic E-state index is 0. The molecule has 0 aromatic carbocycles. The molecule has 0 heterocycles. The number of hydrogen-bond donors (Lipinski definition) is 0. The van der Waals surface area contributed by atoms with Crippen LogP contribution in [-0.4, -0.2) is 43.2 Å². The summed E-state index contributed by atoms with van der Waals surface area (Å²) in [4.78, 5) is 0. The standard InChI is InChI=1S/Ca.Gd.H2O.Y.2H/h;;1H2;;;/q+2;;;;2*-1. The molecule has 0 rings (SSSR count). The zero-order valence-corrected chi connectivity index (χ0v) is 9.45. The van der Waals surface area contributed by atoms with E-state index in [9.17, 15) is 0 Å². The first-order valence-electron chi connectivity index (χ1n) is 0. The molecule has 0 bridgehead atoms. The van der Waals surface area contributed by atoms with Crippen LogP contribution in [0.1, 0.15) is 2.85 Å². The minimum absolute atomic E-state index is 0. The van der Waals surface area contributed by atoms with Crippen LogP contribution in [0.3, 0.4) is 0 Å². The first-order valence-corrected chi connectivity index (χ1v) is 0. The van der Waals surface area contributed by atoms with Crippen molar-refractivity contribution in [1.82, 2.24) is 0 Å². The summed E-state index contributed by atoms with van der Waals surface area (Å²) in [7, 11) is 0. The maximum absolute atomic E-state index is 0. The van der Waals surface area contributed by atoms with Gasteiger partial charge in [-0.1, -0.05) is 0 Å². The fraction of sp³-hybridized carbons (Fsp3) is 0. The van der Waals surface area contributed by atoms with E-state index < -0.39 is 0 Å². The summed E-state index contributed by atoms with van der Waals surface area (Å²) in [5, 5.41) is 0. The van der Waals surface area contributed by atoms with Crippen molar-refractivity contribution >= 4 is 37.7 Å². The molecule has 0 spiro atoms. The Kier molecular flexibility index (Phi) is 101. The molecule has 1 radical (unpaired) electrons. The van der Waals surface area contributed by atoms with Crippen LogP contribution in [0.25, 0.3) is 0 Å². The second-order valence-electron chi connectivity index (χ2n) is 0. The van der Waals surface area contributed by atoms with E-state index in [1.807, 2.05) is 0 Å². The summed E-state index contributed by atoms with van der Waals surface area (Å²) < 4.78 is 0. The average Bonchev–Trinajstić information content (AvgIpc) is 0. The third kappa shape index (κ3) is 9.17. The molecule has 0 aliphatic carbocycles. The van der Waals surface area contributed by atoms with E-state index >= 15 is 0 Å². The van der Waals surface area contributed by atoms with Crippen LogP contribution in [0.15, 0.2) is 0 Å². The molecular weight excluding hydrogens is 302 g/mol. The Hall–Kier alpha value is 3.65. The SMILES string of the molecule is O.[Ca+2].[Gd].[H-].[H-].[Y]. The molecule has 0 fully saturated rings. The summed E-state index contributed by atoms with van der Waals surface area (Å²) in [5.74, 6) is 0. The van der Waals surface area contributed by atoms with Crippen LogP contribution in [-0.2, 0) is 32.7 Å². The summed E-state index contributed by atoms with van der Waals surface area (Å²) in [6, 6.07) is 0. The molecule has 2 N–H and O–H groups in total. The van der Waals surface area contributed by atoms with Gasteiger partial charge in [0, 0.05) is 72.6 Å². The smallest absolute Gasteiger partial charge is 1.00 e. The third-order valence-corrected chi connectivity index (χ3v) is 0. The quantitative estimate of drug-likeness (QED) is 0.515. The summed E-state index contributed by atoms with van der Waals surface area (Å²) in [6.45, 7) is 0. The van der Waals surface area contributed by atoms with Gasteiger partial charge in [-0.2, -0.15) is 0 Å². The molecule has 0 amide bonds. The molecule has 0 aromatic heterocycles. The van der Waals surface area contributed by atoms with Crippen molar-refractivity contribution in [1.29, 1.82) is 0 Å². The van der Waals surface area contributed by atoms with E-state index in [2.05, 4.69) is 0 Å². The van der Waals surface area contributed by atoms with E-state index in [1.165, 1.54) is 0 Å². The third-order valence-electron chi connectivity index (χ3n) is 0. The van der Waals surface area contributed by atoms with Crippen LogP contribution in [0.5, 0.6) is 0 Å². The van der Waals surface area contributed by atoms with Crippen molar-refractivity contribution in [3.63, 3.8) is 0 Å². The first-order chi connectivity index (χ1) is 0. The van der Waals surface area contributed by atoms with Crippen molar-refractivity contribution in [3.05, 3.63) is 0 Å². The van der Waals surface area contributed by atoms with Crippen molar-refractivity contribution in [3.8, 4) is 0 Å². The zero-order valence-electron chi connectivity index (χ0n) is 4.14. The van der Waals surface area contributed by atoms with Gasteiger partial charge in [0.2, 0.25) is 0 Å². The van der Waals surface area contributed by atoms with Crippen LogP contribution in [0, 0.1) is 39.9 Å². The number of hydrogen-bond acceptors (Lipinski definition) is 0. The van der Waals surface area contributed by atoms with Crippen LogP contribution >= 0.6 is 0 Å². The molecule has 0 saturated carbocycles. The molecule has 23 valence electrons. The topological polar surface area (TPSA) is 31.5 Å². The van der Waals surface area contributed by atoms with Crippen molar-refractivity contribution in [2.45, 2.75) is 0 Å². The molecule has 0 unspecified atom stereocenters. The second-order valence-corrected chi connectivity index (χ2v) is 0. The van der Waals surface area contributed by atoms with Crippen molar-refractivity contribution < 1.29 is 81.0 Å².